The molecular weight excluding hydrogens is 416 g/mol. The van der Waals surface area contributed by atoms with Gasteiger partial charge < -0.3 is 9.80 Å². The lowest BCUT2D eigenvalue weighted by atomic mass is 9.79. The van der Waals surface area contributed by atoms with Crippen molar-refractivity contribution in [2.75, 3.05) is 27.2 Å². The Bertz CT molecular complexity index is 1030. The number of benzene rings is 1. The number of carbonyl (C=O) groups is 2. The Balaban J connectivity index is 1.23. The highest BCUT2D eigenvalue weighted by Gasteiger charge is 2.68. The van der Waals surface area contributed by atoms with E-state index in [4.69, 9.17) is 0 Å². The van der Waals surface area contributed by atoms with Crippen LogP contribution in [0.25, 0.3) is 10.4 Å². The summed E-state index contributed by atoms with van der Waals surface area (Å²) < 4.78 is 0. The van der Waals surface area contributed by atoms with E-state index in [1.807, 2.05) is 19.0 Å². The molecule has 2 amide bonds. The van der Waals surface area contributed by atoms with Gasteiger partial charge in [0.25, 0.3) is 0 Å². The van der Waals surface area contributed by atoms with Crippen molar-refractivity contribution in [3.8, 4) is 10.4 Å². The summed E-state index contributed by atoms with van der Waals surface area (Å²) in [7, 11) is 3.69. The highest BCUT2D eigenvalue weighted by Crippen LogP contribution is 2.69. The summed E-state index contributed by atoms with van der Waals surface area (Å²) in [5, 5.41) is 2.10. The van der Waals surface area contributed by atoms with E-state index in [0.717, 1.165) is 18.3 Å². The van der Waals surface area contributed by atoms with Crippen molar-refractivity contribution in [1.82, 2.24) is 9.80 Å². The zero-order valence-electron chi connectivity index (χ0n) is 19.0. The predicted octanol–water partition coefficient (Wildman–Crippen LogP) is 4.56. The van der Waals surface area contributed by atoms with Crippen LogP contribution >= 0.6 is 11.3 Å². The van der Waals surface area contributed by atoms with Gasteiger partial charge in [0.15, 0.2) is 0 Å². The second-order valence-electron chi connectivity index (χ2n) is 10.9. The Kier molecular flexibility index (Phi) is 4.76. The molecule has 2 bridgehead atoms. The monoisotopic (exact) mass is 448 g/mol. The van der Waals surface area contributed by atoms with Crippen LogP contribution in [0.4, 0.5) is 0 Å². The number of nitrogens with zero attached hydrogens (tertiary/aromatic N) is 2. The number of carbonyl (C=O) groups excluding carboxylic acids is 2. The van der Waals surface area contributed by atoms with Gasteiger partial charge in [0.05, 0.1) is 5.41 Å². The van der Waals surface area contributed by atoms with Crippen molar-refractivity contribution >= 4 is 23.2 Å². The fourth-order valence-electron chi connectivity index (χ4n) is 7.46. The molecule has 5 heteroatoms. The van der Waals surface area contributed by atoms with Crippen LogP contribution in [-0.4, -0.2) is 48.8 Å². The highest BCUT2D eigenvalue weighted by molar-refractivity contribution is 7.13. The van der Waals surface area contributed by atoms with E-state index in [1.165, 1.54) is 35.3 Å². The Morgan fingerprint density at radius 2 is 1.91 bits per heavy atom. The van der Waals surface area contributed by atoms with E-state index in [-0.39, 0.29) is 11.8 Å². The number of amides is 2. The van der Waals surface area contributed by atoms with Gasteiger partial charge in [-0.25, -0.2) is 0 Å². The first-order chi connectivity index (χ1) is 15.5. The fourth-order valence-corrected chi connectivity index (χ4v) is 8.19. The summed E-state index contributed by atoms with van der Waals surface area (Å²) >= 11 is 1.74. The van der Waals surface area contributed by atoms with Crippen LogP contribution < -0.4 is 0 Å². The summed E-state index contributed by atoms with van der Waals surface area (Å²) in [5.41, 5.74) is 1.87. The molecule has 4 aliphatic rings. The molecule has 0 N–H and O–H groups in total. The molecule has 2 aromatic rings. The van der Waals surface area contributed by atoms with Crippen molar-refractivity contribution in [1.29, 1.82) is 0 Å². The van der Waals surface area contributed by atoms with E-state index in [2.05, 4.69) is 41.8 Å². The zero-order valence-corrected chi connectivity index (χ0v) is 19.8. The average Bonchev–Trinajstić information content (AvgIpc) is 3.33. The topological polar surface area (TPSA) is 40.6 Å². The van der Waals surface area contributed by atoms with Crippen molar-refractivity contribution in [3.63, 3.8) is 0 Å². The van der Waals surface area contributed by atoms with Crippen molar-refractivity contribution in [2.24, 2.45) is 35.0 Å². The number of hydrogen-bond acceptors (Lipinski definition) is 3. The second-order valence-corrected chi connectivity index (χ2v) is 11.8. The SMILES string of the molecule is CN(C)C(=O)C1(Cc2cccc(-c3cccs3)c2)CCN(C(=O)C2C3C4CCC(C4)C23)C1. The van der Waals surface area contributed by atoms with Crippen molar-refractivity contribution in [2.45, 2.75) is 32.1 Å². The molecule has 1 aromatic carbocycles. The Morgan fingerprint density at radius 1 is 1.12 bits per heavy atom. The molecular formula is C27H32N2O2S. The average molecular weight is 449 g/mol. The molecule has 1 saturated heterocycles. The lowest BCUT2D eigenvalue weighted by molar-refractivity contribution is -0.140. The number of fused-ring (bicyclic) bond motifs is 5. The standard InChI is InChI=1S/C27H32N2O2S/c1-28(2)26(31)27(15-17-5-3-6-18(13-17)21-7-4-12-32-21)10-11-29(16-27)25(30)24-22-19-8-9-20(14-19)23(22)24/h3-7,12-13,19-20,22-24H,8-11,14-16H2,1-2H3. The first kappa shape index (κ1) is 20.5. The summed E-state index contributed by atoms with van der Waals surface area (Å²) in [6, 6.07) is 12.8. The fraction of sp³-hybridized carbons (Fsp3) is 0.556. The minimum absolute atomic E-state index is 0.158. The molecule has 1 aliphatic heterocycles. The number of likely N-dealkylation sites (tertiary alicyclic amines) is 1. The summed E-state index contributed by atoms with van der Waals surface area (Å²) in [6.45, 7) is 1.28. The van der Waals surface area contributed by atoms with E-state index in [1.54, 1.807) is 16.2 Å². The minimum Gasteiger partial charge on any atom is -0.348 e. The normalized spacial score (nSPS) is 34.6. The van der Waals surface area contributed by atoms with E-state index in [0.29, 0.717) is 37.3 Å². The number of hydrogen-bond donors (Lipinski definition) is 0. The number of thiophene rings is 1. The molecule has 2 heterocycles. The van der Waals surface area contributed by atoms with Gasteiger partial charge in [0.1, 0.15) is 0 Å². The van der Waals surface area contributed by atoms with Gasteiger partial charge in [0, 0.05) is 38.0 Å². The third-order valence-corrected chi connectivity index (χ3v) is 9.74. The molecule has 32 heavy (non-hydrogen) atoms. The lowest BCUT2D eigenvalue weighted by Crippen LogP contribution is -2.45. The van der Waals surface area contributed by atoms with Crippen LogP contribution in [0, 0.1) is 35.0 Å². The van der Waals surface area contributed by atoms with Crippen molar-refractivity contribution in [3.05, 3.63) is 47.3 Å². The second kappa shape index (κ2) is 7.44. The molecule has 4 fully saturated rings. The van der Waals surface area contributed by atoms with Crippen LogP contribution in [0.3, 0.4) is 0 Å². The van der Waals surface area contributed by atoms with Gasteiger partial charge >= 0.3 is 0 Å². The van der Waals surface area contributed by atoms with Crippen LogP contribution in [-0.2, 0) is 16.0 Å². The molecule has 168 valence electrons. The summed E-state index contributed by atoms with van der Waals surface area (Å²) in [6.07, 6.45) is 5.48. The van der Waals surface area contributed by atoms with E-state index < -0.39 is 5.41 Å². The van der Waals surface area contributed by atoms with Gasteiger partial charge in [-0.2, -0.15) is 0 Å². The van der Waals surface area contributed by atoms with E-state index in [9.17, 15) is 9.59 Å². The lowest BCUT2D eigenvalue weighted by Gasteiger charge is -2.31. The molecule has 3 saturated carbocycles. The molecule has 5 unspecified atom stereocenters. The zero-order chi connectivity index (χ0) is 22.0. The van der Waals surface area contributed by atoms with Gasteiger partial charge in [-0.3, -0.25) is 9.59 Å². The maximum atomic E-state index is 13.5. The van der Waals surface area contributed by atoms with Crippen LogP contribution in [0.5, 0.6) is 0 Å². The maximum absolute atomic E-state index is 13.5. The summed E-state index contributed by atoms with van der Waals surface area (Å²) in [4.78, 5) is 31.9. The van der Waals surface area contributed by atoms with Gasteiger partial charge in [-0.1, -0.05) is 30.3 Å². The molecule has 1 aromatic heterocycles. The Hall–Kier alpha value is -2.14. The van der Waals surface area contributed by atoms with Crippen LogP contribution in [0.1, 0.15) is 31.2 Å². The minimum atomic E-state index is -0.518. The van der Waals surface area contributed by atoms with Crippen LogP contribution in [0.15, 0.2) is 41.8 Å². The smallest absolute Gasteiger partial charge is 0.230 e. The van der Waals surface area contributed by atoms with E-state index >= 15 is 0 Å². The molecule has 3 aliphatic carbocycles. The van der Waals surface area contributed by atoms with Gasteiger partial charge in [0.2, 0.25) is 11.8 Å². The highest BCUT2D eigenvalue weighted by atomic mass is 32.1. The van der Waals surface area contributed by atoms with Crippen molar-refractivity contribution < 1.29 is 9.59 Å². The first-order valence-corrected chi connectivity index (χ1v) is 13.0. The quantitative estimate of drug-likeness (QED) is 0.673. The molecule has 5 atom stereocenters. The molecule has 6 rings (SSSR count). The molecule has 0 spiro atoms. The summed E-state index contributed by atoms with van der Waals surface area (Å²) in [5.74, 6) is 3.67. The number of rotatable bonds is 5. The van der Waals surface area contributed by atoms with Crippen LogP contribution in [0.2, 0.25) is 0 Å². The molecule has 0 radical (unpaired) electrons. The largest absolute Gasteiger partial charge is 0.348 e. The Morgan fingerprint density at radius 3 is 2.59 bits per heavy atom. The predicted molar refractivity (Wildman–Crippen MR) is 127 cm³/mol. The first-order valence-electron chi connectivity index (χ1n) is 12.1. The Labute approximate surface area is 194 Å². The third kappa shape index (κ3) is 3.15. The third-order valence-electron chi connectivity index (χ3n) is 8.82. The van der Waals surface area contributed by atoms with Gasteiger partial charge in [-0.15, -0.1) is 11.3 Å². The molecule has 4 nitrogen and oxygen atoms in total. The maximum Gasteiger partial charge on any atom is 0.230 e. The van der Waals surface area contributed by atoms with Gasteiger partial charge in [-0.05, 0) is 78.3 Å².